The van der Waals surface area contributed by atoms with E-state index in [0.29, 0.717) is 0 Å². The second kappa shape index (κ2) is 8.42. The van der Waals surface area contributed by atoms with Gasteiger partial charge < -0.3 is 20.7 Å². The second-order valence-corrected chi connectivity index (χ2v) is 1.54. The number of rotatable bonds is 0. The molecule has 0 saturated heterocycles. The van der Waals surface area contributed by atoms with Crippen LogP contribution >= 0.6 is 20.7 Å². The van der Waals surface area contributed by atoms with Crippen molar-refractivity contribution in [2.24, 2.45) is 0 Å². The van der Waals surface area contributed by atoms with Crippen molar-refractivity contribution in [1.82, 2.24) is 0 Å². The summed E-state index contributed by atoms with van der Waals surface area (Å²) in [4.78, 5) is 21.6. The van der Waals surface area contributed by atoms with Gasteiger partial charge in [-0.15, -0.1) is 0 Å². The molecule has 0 radical (unpaired) electrons. The minimum Gasteiger partial charge on any atom is -1.00 e. The van der Waals surface area contributed by atoms with E-state index in [-0.39, 0.29) is 31.0 Å². The monoisotopic (exact) mass is 172 g/mol. The molecule has 0 saturated carbocycles. The first kappa shape index (κ1) is 16.2. The van der Waals surface area contributed by atoms with Crippen LogP contribution in [0.5, 0.6) is 0 Å². The molecule has 0 aromatic heterocycles. The molecule has 0 unspecified atom stereocenters. The molecule has 48 valence electrons. The van der Waals surface area contributed by atoms with E-state index in [1.165, 1.54) is 0 Å². The maximum atomic E-state index is 8.88. The van der Waals surface area contributed by atoms with Crippen molar-refractivity contribution in [2.45, 2.75) is 0 Å². The zero-order valence-electron chi connectivity index (χ0n) is 5.09. The van der Waals surface area contributed by atoms with Crippen molar-refractivity contribution in [3.05, 3.63) is 0 Å². The summed E-state index contributed by atoms with van der Waals surface area (Å²) in [6.45, 7) is 0. The third-order valence-electron chi connectivity index (χ3n) is 0. The molecule has 0 bridgehead atoms. The van der Waals surface area contributed by atoms with Gasteiger partial charge in [-0.25, -0.2) is 4.57 Å². The third kappa shape index (κ3) is 152. The van der Waals surface area contributed by atoms with Crippen LogP contribution in [0.25, 0.3) is 0 Å². The fourth-order valence-electron chi connectivity index (χ4n) is 0. The summed E-state index contributed by atoms with van der Waals surface area (Å²) in [5.74, 6) is 0. The van der Waals surface area contributed by atoms with Crippen LogP contribution in [0.15, 0.2) is 0 Å². The van der Waals surface area contributed by atoms with E-state index in [2.05, 4.69) is 12.9 Å². The van der Waals surface area contributed by atoms with E-state index in [1.54, 1.807) is 0 Å². The Morgan fingerprint density at radius 2 is 1.25 bits per heavy atom. The summed E-state index contributed by atoms with van der Waals surface area (Å²) in [5, 5.41) is 0. The largest absolute Gasteiger partial charge is 1.00 e. The predicted molar refractivity (Wildman–Crippen MR) is 27.0 cm³/mol. The van der Waals surface area contributed by atoms with E-state index in [0.717, 1.165) is 0 Å². The topological polar surface area (TPSA) is 98.0 Å². The van der Waals surface area contributed by atoms with Crippen LogP contribution < -0.4 is 29.6 Å². The molecule has 8 heteroatoms. The van der Waals surface area contributed by atoms with Crippen LogP contribution in [-0.2, 0) is 4.57 Å². The van der Waals surface area contributed by atoms with Crippen molar-refractivity contribution in [2.75, 3.05) is 0 Å². The maximum Gasteiger partial charge on any atom is 1.00 e. The molecular formula is H6NaO5PS. The fourth-order valence-corrected chi connectivity index (χ4v) is 0. The Morgan fingerprint density at radius 1 is 1.25 bits per heavy atom. The Balaban J connectivity index is -0.0000000286. The van der Waals surface area contributed by atoms with E-state index in [4.69, 9.17) is 23.8 Å². The average Bonchev–Trinajstić information content (AvgIpc) is 1.36. The van der Waals surface area contributed by atoms with Crippen molar-refractivity contribution in [3.8, 4) is 0 Å². The Hall–Kier alpha value is 1.42. The number of hydrogen-bond donors (Lipinski definition) is 5. The molecule has 0 aliphatic rings. The smallest absolute Gasteiger partial charge is 1.00 e. The summed E-state index contributed by atoms with van der Waals surface area (Å²) in [6.07, 6.45) is 0. The number of thiol groups is 1. The molecule has 0 spiro atoms. The van der Waals surface area contributed by atoms with Gasteiger partial charge in [-0.3, -0.25) is 0 Å². The second-order valence-electron chi connectivity index (χ2n) is 0.513. The van der Waals surface area contributed by atoms with Crippen molar-refractivity contribution >= 4 is 20.7 Å². The van der Waals surface area contributed by atoms with E-state index < -0.39 is 7.82 Å². The maximum absolute atomic E-state index is 8.88. The molecule has 0 aromatic rings. The first-order valence-electron chi connectivity index (χ1n) is 0.983. The Labute approximate surface area is 75.4 Å². The first-order chi connectivity index (χ1) is 3.00. The van der Waals surface area contributed by atoms with Crippen molar-refractivity contribution in [1.29, 1.82) is 0 Å². The molecule has 0 aromatic carbocycles. The van der Waals surface area contributed by atoms with Gasteiger partial charge in [0, 0.05) is 0 Å². The summed E-state index contributed by atoms with van der Waals surface area (Å²) >= 11 is 2.53. The Kier molecular flexibility index (Phi) is 17.1. The van der Waals surface area contributed by atoms with Gasteiger partial charge in [0.25, 0.3) is 0 Å². The zero-order valence-corrected chi connectivity index (χ0v) is 7.88. The van der Waals surface area contributed by atoms with E-state index in [9.17, 15) is 0 Å². The molecule has 0 atom stereocenters. The van der Waals surface area contributed by atoms with Crippen LogP contribution in [0.4, 0.5) is 0 Å². The molecule has 0 heterocycles. The van der Waals surface area contributed by atoms with Gasteiger partial charge in [0.15, 0.2) is 0 Å². The summed E-state index contributed by atoms with van der Waals surface area (Å²) in [7, 11) is -4.64. The molecule has 0 amide bonds. The quantitative estimate of drug-likeness (QED) is 0.113. The SMILES string of the molecule is O=P(O)(O)O.OS.[H-].[Na+]. The van der Waals surface area contributed by atoms with Gasteiger partial charge in [0.05, 0.1) is 0 Å². The molecule has 0 rings (SSSR count). The number of phosphoric acid groups is 1. The van der Waals surface area contributed by atoms with Crippen molar-refractivity contribution < 1.29 is 54.8 Å². The van der Waals surface area contributed by atoms with Crippen LogP contribution in [0.1, 0.15) is 1.43 Å². The zero-order chi connectivity index (χ0) is 6.50. The van der Waals surface area contributed by atoms with Crippen LogP contribution in [0.2, 0.25) is 0 Å². The molecule has 0 aliphatic heterocycles. The fraction of sp³-hybridized carbons (Fsp3) is 0. The summed E-state index contributed by atoms with van der Waals surface area (Å²) in [6, 6.07) is 0. The predicted octanol–water partition coefficient (Wildman–Crippen LogP) is -3.42. The van der Waals surface area contributed by atoms with Gasteiger partial charge in [-0.2, -0.15) is 0 Å². The molecular weight excluding hydrogens is 166 g/mol. The van der Waals surface area contributed by atoms with Crippen molar-refractivity contribution in [3.63, 3.8) is 0 Å². The van der Waals surface area contributed by atoms with Gasteiger partial charge in [0.2, 0.25) is 0 Å². The Bertz CT molecular complexity index is 63.1. The molecule has 0 fully saturated rings. The third-order valence-corrected chi connectivity index (χ3v) is 0. The standard InChI is InChI=1S/Na.H3O4P.H2OS.H/c;1-5(2,3)4;1-2;/h;(H3,1,2,3,4);1-2H;/q+1;;;-1. The molecule has 4 N–H and O–H groups in total. The average molecular weight is 172 g/mol. The summed E-state index contributed by atoms with van der Waals surface area (Å²) in [5.41, 5.74) is 0. The minimum absolute atomic E-state index is 0. The first-order valence-corrected chi connectivity index (χ1v) is 2.95. The molecule has 8 heavy (non-hydrogen) atoms. The van der Waals surface area contributed by atoms with Gasteiger partial charge >= 0.3 is 37.4 Å². The Morgan fingerprint density at radius 3 is 1.25 bits per heavy atom. The van der Waals surface area contributed by atoms with Gasteiger partial charge in [0.1, 0.15) is 0 Å². The van der Waals surface area contributed by atoms with Gasteiger partial charge in [-0.05, 0) is 12.9 Å². The molecule has 5 nitrogen and oxygen atoms in total. The van der Waals surface area contributed by atoms with Gasteiger partial charge in [-0.1, -0.05) is 0 Å². The van der Waals surface area contributed by atoms with Crippen LogP contribution in [-0.4, -0.2) is 19.2 Å². The van der Waals surface area contributed by atoms with Crippen LogP contribution in [0, 0.1) is 0 Å². The van der Waals surface area contributed by atoms with E-state index >= 15 is 0 Å². The van der Waals surface area contributed by atoms with Crippen LogP contribution in [0.3, 0.4) is 0 Å². The minimum atomic E-state index is -4.64. The van der Waals surface area contributed by atoms with E-state index in [1.807, 2.05) is 0 Å². The molecule has 0 aliphatic carbocycles. The summed E-state index contributed by atoms with van der Waals surface area (Å²) < 4.78 is 15.6. The number of hydrogen-bond acceptors (Lipinski definition) is 3. The normalized spacial score (nSPS) is 8.12.